The third-order valence-electron chi connectivity index (χ3n) is 6.47. The second kappa shape index (κ2) is 21.0. The van der Waals surface area contributed by atoms with E-state index in [2.05, 4.69) is 36.2 Å². The number of Topliss-reactive ketones (excluding diaryl/α,β-unsaturated/α-hetero) is 1. The minimum absolute atomic E-state index is 0.00405. The van der Waals surface area contributed by atoms with Gasteiger partial charge in [0.2, 0.25) is 17.7 Å². The van der Waals surface area contributed by atoms with E-state index in [0.29, 0.717) is 0 Å². The maximum absolute atomic E-state index is 12.1. The lowest BCUT2D eigenvalue weighted by Crippen LogP contribution is -2.52. The van der Waals surface area contributed by atoms with Gasteiger partial charge in [-0.15, -0.1) is 0 Å². The number of urea groups is 2. The number of aliphatic hydroxyl groups is 4. The van der Waals surface area contributed by atoms with Crippen molar-refractivity contribution in [1.29, 1.82) is 0 Å². The van der Waals surface area contributed by atoms with Crippen LogP contribution in [0.25, 0.3) is 0 Å². The molecule has 2 unspecified atom stereocenters. The highest BCUT2D eigenvalue weighted by Crippen LogP contribution is 2.19. The van der Waals surface area contributed by atoms with E-state index in [1.807, 2.05) is 5.32 Å². The number of nitrogens with one attached hydrogen (secondary N) is 4. The fourth-order valence-corrected chi connectivity index (χ4v) is 3.80. The SMILES string of the molecule is CC(=O)[C@@H](NC(=O)N[C@@H](CCC(=O)O)c1nc([C@@H](N)CO)no1)C(C)O.CC(O)[C@H](NC(=O)N[C@@H](CC(N)=O)c1nc([C@@H](N)CO)no1)C(=O)O. The van der Waals surface area contributed by atoms with Crippen LogP contribution in [0.2, 0.25) is 0 Å². The Bertz CT molecular complexity index is 1470. The van der Waals surface area contributed by atoms with Crippen molar-refractivity contribution >= 4 is 35.7 Å². The van der Waals surface area contributed by atoms with E-state index < -0.39 is 104 Å². The van der Waals surface area contributed by atoms with Crippen LogP contribution in [0.5, 0.6) is 0 Å². The number of aliphatic carboxylic acids is 2. The minimum Gasteiger partial charge on any atom is -0.481 e. The number of carboxylic acid groups (broad SMARTS) is 2. The number of nitrogens with two attached hydrogens (primary N) is 3. The fourth-order valence-electron chi connectivity index (χ4n) is 3.80. The average molecular weight is 734 g/mol. The molecule has 0 aliphatic heterocycles. The molecule has 2 aromatic heterocycles. The van der Waals surface area contributed by atoms with Crippen LogP contribution in [0, 0.1) is 0 Å². The lowest BCUT2D eigenvalue weighted by Gasteiger charge is -2.21. The molecule has 0 aromatic carbocycles. The van der Waals surface area contributed by atoms with Gasteiger partial charge < -0.3 is 78.2 Å². The zero-order chi connectivity index (χ0) is 39.0. The maximum atomic E-state index is 12.1. The second-order valence-electron chi connectivity index (χ2n) is 10.9. The summed E-state index contributed by atoms with van der Waals surface area (Å²) in [6.45, 7) is 2.85. The molecule has 5 amide bonds. The van der Waals surface area contributed by atoms with Gasteiger partial charge in [-0.3, -0.25) is 14.4 Å². The van der Waals surface area contributed by atoms with Gasteiger partial charge >= 0.3 is 24.0 Å². The van der Waals surface area contributed by atoms with Crippen molar-refractivity contribution in [3.63, 3.8) is 0 Å². The molecule has 286 valence electrons. The van der Waals surface area contributed by atoms with Gasteiger partial charge in [0, 0.05) is 6.42 Å². The highest BCUT2D eigenvalue weighted by Gasteiger charge is 2.30. The highest BCUT2D eigenvalue weighted by molar-refractivity contribution is 5.87. The van der Waals surface area contributed by atoms with Crippen molar-refractivity contribution < 1.29 is 68.5 Å². The van der Waals surface area contributed by atoms with Crippen LogP contribution in [-0.4, -0.2) is 124 Å². The number of aliphatic hydroxyl groups excluding tert-OH is 4. The molecule has 16 N–H and O–H groups in total. The van der Waals surface area contributed by atoms with Crippen molar-refractivity contribution in [1.82, 2.24) is 41.5 Å². The number of hydrogen-bond donors (Lipinski definition) is 13. The number of carboxylic acids is 2. The summed E-state index contributed by atoms with van der Waals surface area (Å²) in [4.78, 5) is 76.2. The minimum atomic E-state index is -1.57. The topological polar surface area (TPSA) is 428 Å². The number of carbonyl (C=O) groups excluding carboxylic acids is 4. The number of carbonyl (C=O) groups is 6. The van der Waals surface area contributed by atoms with Gasteiger partial charge in [0.1, 0.15) is 18.1 Å². The van der Waals surface area contributed by atoms with Gasteiger partial charge in [-0.1, -0.05) is 10.3 Å². The molecule has 0 fully saturated rings. The van der Waals surface area contributed by atoms with Crippen molar-refractivity contribution in [3.8, 4) is 0 Å². The molecule has 25 nitrogen and oxygen atoms in total. The number of amides is 5. The third-order valence-corrected chi connectivity index (χ3v) is 6.47. The predicted molar refractivity (Wildman–Crippen MR) is 165 cm³/mol. The first-order valence-electron chi connectivity index (χ1n) is 14.9. The zero-order valence-electron chi connectivity index (χ0n) is 27.6. The van der Waals surface area contributed by atoms with Crippen LogP contribution < -0.4 is 38.5 Å². The van der Waals surface area contributed by atoms with Crippen LogP contribution in [0.3, 0.4) is 0 Å². The van der Waals surface area contributed by atoms with Crippen molar-refractivity contribution in [3.05, 3.63) is 23.4 Å². The molecule has 2 rings (SSSR count). The van der Waals surface area contributed by atoms with Crippen LogP contribution >= 0.6 is 0 Å². The van der Waals surface area contributed by atoms with Gasteiger partial charge in [-0.25, -0.2) is 14.4 Å². The Kier molecular flexibility index (Phi) is 18.0. The van der Waals surface area contributed by atoms with E-state index in [1.54, 1.807) is 0 Å². The normalized spacial score (nSPS) is 15.6. The zero-order valence-corrected chi connectivity index (χ0v) is 27.6. The summed E-state index contributed by atoms with van der Waals surface area (Å²) >= 11 is 0. The summed E-state index contributed by atoms with van der Waals surface area (Å²) < 4.78 is 9.86. The van der Waals surface area contributed by atoms with Gasteiger partial charge in [0.25, 0.3) is 0 Å². The number of rotatable bonds is 19. The molecular formula is C26H43N11O14. The number of hydrogen-bond acceptors (Lipinski definition) is 18. The molecule has 2 heterocycles. The summed E-state index contributed by atoms with van der Waals surface area (Å²) in [6.07, 6.45) is -3.28. The van der Waals surface area contributed by atoms with Gasteiger partial charge in [-0.2, -0.15) is 9.97 Å². The third kappa shape index (κ3) is 15.0. The molecule has 8 atom stereocenters. The van der Waals surface area contributed by atoms with E-state index >= 15 is 0 Å². The molecule has 2 aromatic rings. The van der Waals surface area contributed by atoms with Gasteiger partial charge in [0.05, 0.1) is 43.9 Å². The Hall–Kier alpha value is -5.34. The van der Waals surface area contributed by atoms with E-state index in [-0.39, 0.29) is 36.3 Å². The first-order chi connectivity index (χ1) is 23.8. The Morgan fingerprint density at radius 2 is 1.18 bits per heavy atom. The van der Waals surface area contributed by atoms with Crippen molar-refractivity contribution in [2.24, 2.45) is 17.2 Å². The van der Waals surface area contributed by atoms with E-state index in [1.165, 1.54) is 20.8 Å². The molecule has 0 aliphatic rings. The predicted octanol–water partition coefficient (Wildman–Crippen LogP) is -4.28. The summed E-state index contributed by atoms with van der Waals surface area (Å²) in [7, 11) is 0. The average Bonchev–Trinajstić information content (AvgIpc) is 3.74. The van der Waals surface area contributed by atoms with E-state index in [4.69, 9.17) is 46.7 Å². The second-order valence-corrected chi connectivity index (χ2v) is 10.9. The van der Waals surface area contributed by atoms with Crippen LogP contribution in [0.1, 0.15) is 87.6 Å². The summed E-state index contributed by atoms with van der Waals surface area (Å²) in [6, 6.07) is -8.48. The highest BCUT2D eigenvalue weighted by atomic mass is 16.5. The molecule has 0 aliphatic carbocycles. The number of ketones is 1. The van der Waals surface area contributed by atoms with Crippen LogP contribution in [0.15, 0.2) is 9.05 Å². The first-order valence-corrected chi connectivity index (χ1v) is 14.9. The monoisotopic (exact) mass is 733 g/mol. The summed E-state index contributed by atoms with van der Waals surface area (Å²) in [5.41, 5.74) is 16.2. The molecular weight excluding hydrogens is 690 g/mol. The summed E-state index contributed by atoms with van der Waals surface area (Å²) in [5, 5.41) is 70.7. The Balaban J connectivity index is 0.000000510. The van der Waals surface area contributed by atoms with Crippen LogP contribution in [0.4, 0.5) is 9.59 Å². The van der Waals surface area contributed by atoms with Crippen molar-refractivity contribution in [2.45, 2.75) is 88.5 Å². The summed E-state index contributed by atoms with van der Waals surface area (Å²) in [5.74, 6) is -4.18. The molecule has 51 heavy (non-hydrogen) atoms. The van der Waals surface area contributed by atoms with Gasteiger partial charge in [0.15, 0.2) is 23.5 Å². The molecule has 25 heteroatoms. The maximum Gasteiger partial charge on any atom is 0.328 e. The van der Waals surface area contributed by atoms with Gasteiger partial charge in [-0.05, 0) is 27.2 Å². The molecule has 0 bridgehead atoms. The quantitative estimate of drug-likeness (QED) is 0.0649. The number of primary amides is 1. The Labute approximate surface area is 288 Å². The molecule has 0 saturated carbocycles. The lowest BCUT2D eigenvalue weighted by atomic mass is 10.1. The van der Waals surface area contributed by atoms with Crippen LogP contribution in [-0.2, 0) is 19.2 Å². The smallest absolute Gasteiger partial charge is 0.328 e. The standard InChI is InChI=1S/C14H23N5O7.C12H20N6O7/c1-6(21)11(7(2)22)17-14(25)16-9(3-4-10(23)24)13-18-12(19-26-13)8(15)5-20;1-4(20)8(11(22)23)16-12(24)15-6(2-7(14)21)10-17-9(18-25-10)5(13)3-19/h6,8-9,11,20-21H,3-5,15H2,1-2H3,(H,23,24)(H2,16,17,25);4-6,8,19-20H,2-3,13H2,1H3,(H2,14,21)(H,22,23)(H2,15,16,24)/t6?,8-,9-,11-;4?,5-,6-,8-/m00/s1. The molecule has 0 spiro atoms. The number of aromatic nitrogens is 4. The Morgan fingerprint density at radius 3 is 1.55 bits per heavy atom. The lowest BCUT2D eigenvalue weighted by molar-refractivity contribution is -0.142. The first kappa shape index (κ1) is 43.7. The van der Waals surface area contributed by atoms with Crippen molar-refractivity contribution in [2.75, 3.05) is 13.2 Å². The molecule has 0 radical (unpaired) electrons. The number of nitrogens with zero attached hydrogens (tertiary/aromatic N) is 4. The van der Waals surface area contributed by atoms with E-state index in [0.717, 1.165) is 0 Å². The Morgan fingerprint density at radius 1 is 0.745 bits per heavy atom. The van der Waals surface area contributed by atoms with E-state index in [9.17, 15) is 39.0 Å². The fraction of sp³-hybridized carbons (Fsp3) is 0.615. The largest absolute Gasteiger partial charge is 0.481 e. The molecule has 0 saturated heterocycles.